The summed E-state index contributed by atoms with van der Waals surface area (Å²) in [5.74, 6) is 0.0574. The lowest BCUT2D eigenvalue weighted by molar-refractivity contribution is -0.116. The van der Waals surface area contributed by atoms with Gasteiger partial charge in [0.15, 0.2) is 0 Å². The molecule has 0 fully saturated rings. The molecule has 0 atom stereocenters. The molecule has 0 unspecified atom stereocenters. The van der Waals surface area contributed by atoms with Crippen molar-refractivity contribution >= 4 is 34.5 Å². The largest absolute Gasteiger partial charge is 0.326 e. The topological polar surface area (TPSA) is 29.1 Å². The van der Waals surface area contributed by atoms with Crippen LogP contribution in [0.2, 0.25) is 5.02 Å². The smallest absolute Gasteiger partial charge is 0.224 e. The van der Waals surface area contributed by atoms with Crippen molar-refractivity contribution in [3.8, 4) is 0 Å². The van der Waals surface area contributed by atoms with Gasteiger partial charge in [0.25, 0.3) is 0 Å². The van der Waals surface area contributed by atoms with E-state index in [1.54, 1.807) is 17.4 Å². The summed E-state index contributed by atoms with van der Waals surface area (Å²) in [4.78, 5) is 13.2. The Kier molecular flexibility index (Phi) is 5.00. The predicted octanol–water partition coefficient (Wildman–Crippen LogP) is 4.67. The lowest BCUT2D eigenvalue weighted by Crippen LogP contribution is -2.12. The van der Waals surface area contributed by atoms with Crippen LogP contribution in [0.1, 0.15) is 23.3 Å². The molecule has 1 aromatic heterocycles. The number of amides is 1. The zero-order chi connectivity index (χ0) is 13.7. The van der Waals surface area contributed by atoms with Crippen LogP contribution in [0.3, 0.4) is 0 Å². The summed E-state index contributed by atoms with van der Waals surface area (Å²) < 4.78 is 0. The molecule has 0 aliphatic rings. The van der Waals surface area contributed by atoms with Crippen molar-refractivity contribution in [1.29, 1.82) is 0 Å². The normalized spacial score (nSPS) is 10.4. The van der Waals surface area contributed by atoms with Crippen LogP contribution >= 0.6 is 22.9 Å². The van der Waals surface area contributed by atoms with Gasteiger partial charge in [-0.25, -0.2) is 0 Å². The van der Waals surface area contributed by atoms with Gasteiger partial charge in [-0.1, -0.05) is 17.7 Å². The highest BCUT2D eigenvalue weighted by Crippen LogP contribution is 2.20. The van der Waals surface area contributed by atoms with Crippen molar-refractivity contribution in [3.63, 3.8) is 0 Å². The Labute approximate surface area is 122 Å². The monoisotopic (exact) mass is 293 g/mol. The van der Waals surface area contributed by atoms with Crippen molar-refractivity contribution in [3.05, 3.63) is 51.2 Å². The molecule has 1 heterocycles. The highest BCUT2D eigenvalue weighted by Gasteiger charge is 2.05. The first kappa shape index (κ1) is 14.1. The minimum atomic E-state index is 0.0574. The molecule has 0 saturated heterocycles. The van der Waals surface area contributed by atoms with Crippen LogP contribution < -0.4 is 5.32 Å². The van der Waals surface area contributed by atoms with Gasteiger partial charge in [0.2, 0.25) is 5.91 Å². The molecule has 0 saturated carbocycles. The molecule has 2 rings (SSSR count). The Balaban J connectivity index is 1.80. The van der Waals surface area contributed by atoms with Gasteiger partial charge < -0.3 is 5.32 Å². The van der Waals surface area contributed by atoms with Crippen LogP contribution in [0.4, 0.5) is 5.69 Å². The first-order chi connectivity index (χ1) is 9.15. The van der Waals surface area contributed by atoms with Crippen LogP contribution in [0.25, 0.3) is 0 Å². The number of carbonyl (C=O) groups excluding carboxylic acids is 1. The number of rotatable bonds is 5. The molecular weight excluding hydrogens is 278 g/mol. The standard InChI is InChI=1S/C15H16ClNOS/c1-11-10-12(16)7-8-14(11)17-15(18)6-2-4-13-5-3-9-19-13/h3,5,7-10H,2,4,6H2,1H3,(H,17,18). The average molecular weight is 294 g/mol. The maximum atomic E-state index is 11.8. The van der Waals surface area contributed by atoms with Gasteiger partial charge in [0.1, 0.15) is 0 Å². The van der Waals surface area contributed by atoms with Crippen LogP contribution in [-0.4, -0.2) is 5.91 Å². The number of aryl methyl sites for hydroxylation is 2. The summed E-state index contributed by atoms with van der Waals surface area (Å²) in [5.41, 5.74) is 1.82. The second kappa shape index (κ2) is 6.73. The van der Waals surface area contributed by atoms with Crippen LogP contribution in [-0.2, 0) is 11.2 Å². The first-order valence-electron chi connectivity index (χ1n) is 6.23. The van der Waals surface area contributed by atoms with Crippen LogP contribution in [0.15, 0.2) is 35.7 Å². The lowest BCUT2D eigenvalue weighted by Gasteiger charge is -2.08. The van der Waals surface area contributed by atoms with E-state index in [1.165, 1.54) is 4.88 Å². The van der Waals surface area contributed by atoms with Crippen LogP contribution in [0, 0.1) is 6.92 Å². The van der Waals surface area contributed by atoms with E-state index in [-0.39, 0.29) is 5.91 Å². The van der Waals surface area contributed by atoms with Crippen molar-refractivity contribution in [2.75, 3.05) is 5.32 Å². The third-order valence-electron chi connectivity index (χ3n) is 2.87. The Morgan fingerprint density at radius 1 is 1.37 bits per heavy atom. The quantitative estimate of drug-likeness (QED) is 0.852. The number of anilines is 1. The summed E-state index contributed by atoms with van der Waals surface area (Å²) in [7, 11) is 0. The Morgan fingerprint density at radius 2 is 2.21 bits per heavy atom. The van der Waals surface area contributed by atoms with E-state index >= 15 is 0 Å². The molecule has 1 N–H and O–H groups in total. The van der Waals surface area contributed by atoms with Gasteiger partial charge in [-0.05, 0) is 55.0 Å². The summed E-state index contributed by atoms with van der Waals surface area (Å²) >= 11 is 7.62. The second-order valence-corrected chi connectivity index (χ2v) is 5.91. The summed E-state index contributed by atoms with van der Waals surface area (Å²) in [6.45, 7) is 1.94. The molecule has 1 amide bonds. The highest BCUT2D eigenvalue weighted by atomic mass is 35.5. The van der Waals surface area contributed by atoms with Crippen molar-refractivity contribution in [2.24, 2.45) is 0 Å². The maximum Gasteiger partial charge on any atom is 0.224 e. The summed E-state index contributed by atoms with van der Waals surface area (Å²) in [5, 5.41) is 5.67. The molecule has 4 heteroatoms. The molecule has 100 valence electrons. The second-order valence-electron chi connectivity index (χ2n) is 4.44. The van der Waals surface area contributed by atoms with Gasteiger partial charge in [0.05, 0.1) is 0 Å². The summed E-state index contributed by atoms with van der Waals surface area (Å²) in [6, 6.07) is 9.62. The van der Waals surface area contributed by atoms with Gasteiger partial charge >= 0.3 is 0 Å². The molecule has 0 bridgehead atoms. The lowest BCUT2D eigenvalue weighted by atomic mass is 10.1. The van der Waals surface area contributed by atoms with E-state index in [0.29, 0.717) is 11.4 Å². The average Bonchev–Trinajstić information content (AvgIpc) is 2.86. The SMILES string of the molecule is Cc1cc(Cl)ccc1NC(=O)CCCc1cccs1. The van der Waals surface area contributed by atoms with E-state index in [4.69, 9.17) is 11.6 Å². The van der Waals surface area contributed by atoms with E-state index in [0.717, 1.165) is 24.1 Å². The molecule has 0 aliphatic heterocycles. The Morgan fingerprint density at radius 3 is 2.89 bits per heavy atom. The number of nitrogens with one attached hydrogen (secondary N) is 1. The molecule has 1 aromatic carbocycles. The molecule has 2 nitrogen and oxygen atoms in total. The van der Waals surface area contributed by atoms with E-state index in [1.807, 2.05) is 25.1 Å². The molecule has 19 heavy (non-hydrogen) atoms. The molecule has 0 spiro atoms. The maximum absolute atomic E-state index is 11.8. The van der Waals surface area contributed by atoms with E-state index in [9.17, 15) is 4.79 Å². The third-order valence-corrected chi connectivity index (χ3v) is 4.04. The van der Waals surface area contributed by atoms with E-state index < -0.39 is 0 Å². The highest BCUT2D eigenvalue weighted by molar-refractivity contribution is 7.09. The number of hydrogen-bond acceptors (Lipinski definition) is 2. The molecule has 0 radical (unpaired) electrons. The summed E-state index contributed by atoms with van der Waals surface area (Å²) in [6.07, 6.45) is 2.38. The molecule has 0 aliphatic carbocycles. The number of benzene rings is 1. The fourth-order valence-electron chi connectivity index (χ4n) is 1.86. The number of carbonyl (C=O) groups is 1. The minimum Gasteiger partial charge on any atom is -0.326 e. The van der Waals surface area contributed by atoms with E-state index in [2.05, 4.69) is 16.8 Å². The third kappa shape index (κ3) is 4.37. The Bertz CT molecular complexity index is 551. The fraction of sp³-hybridized carbons (Fsp3) is 0.267. The zero-order valence-electron chi connectivity index (χ0n) is 10.8. The van der Waals surface area contributed by atoms with Gasteiger partial charge in [-0.2, -0.15) is 0 Å². The predicted molar refractivity (Wildman–Crippen MR) is 82.1 cm³/mol. The number of hydrogen-bond donors (Lipinski definition) is 1. The van der Waals surface area contributed by atoms with Gasteiger partial charge in [0, 0.05) is 22.0 Å². The zero-order valence-corrected chi connectivity index (χ0v) is 12.4. The number of halogens is 1. The van der Waals surface area contributed by atoms with Crippen molar-refractivity contribution in [1.82, 2.24) is 0 Å². The fourth-order valence-corrected chi connectivity index (χ4v) is 2.84. The molecular formula is C15H16ClNOS. The molecule has 2 aromatic rings. The minimum absolute atomic E-state index is 0.0574. The van der Waals surface area contributed by atoms with Crippen molar-refractivity contribution in [2.45, 2.75) is 26.2 Å². The van der Waals surface area contributed by atoms with Crippen LogP contribution in [0.5, 0.6) is 0 Å². The number of thiophene rings is 1. The Hall–Kier alpha value is -1.32. The van der Waals surface area contributed by atoms with Crippen molar-refractivity contribution < 1.29 is 4.79 Å². The van der Waals surface area contributed by atoms with Gasteiger partial charge in [-0.3, -0.25) is 4.79 Å². The van der Waals surface area contributed by atoms with Gasteiger partial charge in [-0.15, -0.1) is 11.3 Å². The first-order valence-corrected chi connectivity index (χ1v) is 7.49.